The summed E-state index contributed by atoms with van der Waals surface area (Å²) in [5, 5.41) is 9.17. The van der Waals surface area contributed by atoms with Crippen molar-refractivity contribution in [3.05, 3.63) is 52.4 Å². The van der Waals surface area contributed by atoms with Crippen LogP contribution in [0, 0.1) is 13.8 Å². The van der Waals surface area contributed by atoms with Crippen LogP contribution in [0.1, 0.15) is 15.6 Å². The maximum absolute atomic E-state index is 12.3. The van der Waals surface area contributed by atoms with Crippen LogP contribution in [0.25, 0.3) is 11.0 Å². The van der Waals surface area contributed by atoms with Crippen LogP contribution in [0.4, 0.5) is 24.7 Å². The smallest absolute Gasteiger partial charge is 0.406 e. The Balaban J connectivity index is 1.57. The van der Waals surface area contributed by atoms with E-state index in [1.54, 1.807) is 22.2 Å². The number of aryl methyl sites for hydroxylation is 2. The second-order valence-corrected chi connectivity index (χ2v) is 7.49. The second-order valence-electron chi connectivity index (χ2n) is 6.20. The first-order chi connectivity index (χ1) is 13.8. The standard InChI is InChI=1S/C18H15F3N6OS/c1-10-15(29-11(2)25-10)8-27-17-14(7-24-27)16(22-9-23-17)26-12-3-5-13(6-4-12)28-18(19,20)21/h3-7,9H,8H2,1-2H3,(H,22,23,26). The monoisotopic (exact) mass is 420 g/mol. The van der Waals surface area contributed by atoms with E-state index in [0.717, 1.165) is 15.6 Å². The summed E-state index contributed by atoms with van der Waals surface area (Å²) in [5.41, 5.74) is 2.16. The SMILES string of the molecule is Cc1nc(C)c(Cn2ncc3c(Nc4ccc(OC(F)(F)F)cc4)ncnc32)s1. The summed E-state index contributed by atoms with van der Waals surface area (Å²) < 4.78 is 42.5. The number of thiazole rings is 1. The van der Waals surface area contributed by atoms with E-state index in [4.69, 9.17) is 0 Å². The molecule has 0 aliphatic carbocycles. The first kappa shape index (κ1) is 19.1. The van der Waals surface area contributed by atoms with Crippen molar-refractivity contribution in [1.82, 2.24) is 24.7 Å². The molecule has 0 saturated heterocycles. The minimum atomic E-state index is -4.72. The molecule has 0 fully saturated rings. The van der Waals surface area contributed by atoms with Crippen LogP contribution < -0.4 is 10.1 Å². The van der Waals surface area contributed by atoms with Crippen LogP contribution in [0.15, 0.2) is 36.8 Å². The van der Waals surface area contributed by atoms with E-state index in [-0.39, 0.29) is 5.75 Å². The van der Waals surface area contributed by atoms with Crippen molar-refractivity contribution in [3.8, 4) is 5.75 Å². The molecule has 7 nitrogen and oxygen atoms in total. The molecule has 0 saturated carbocycles. The molecular weight excluding hydrogens is 405 g/mol. The summed E-state index contributed by atoms with van der Waals surface area (Å²) in [4.78, 5) is 14.1. The third-order valence-corrected chi connectivity index (χ3v) is 5.13. The molecule has 11 heteroatoms. The van der Waals surface area contributed by atoms with Gasteiger partial charge in [0.1, 0.15) is 17.9 Å². The summed E-state index contributed by atoms with van der Waals surface area (Å²) in [6.45, 7) is 4.46. The fraction of sp³-hybridized carbons (Fsp3) is 0.222. The number of hydrogen-bond donors (Lipinski definition) is 1. The van der Waals surface area contributed by atoms with Crippen molar-refractivity contribution < 1.29 is 17.9 Å². The summed E-state index contributed by atoms with van der Waals surface area (Å²) in [6.07, 6.45) is -1.66. The highest BCUT2D eigenvalue weighted by Gasteiger charge is 2.30. The van der Waals surface area contributed by atoms with Gasteiger partial charge >= 0.3 is 6.36 Å². The van der Waals surface area contributed by atoms with Crippen LogP contribution in [0.3, 0.4) is 0 Å². The highest BCUT2D eigenvalue weighted by atomic mass is 32.1. The first-order valence-corrected chi connectivity index (χ1v) is 9.32. The van der Waals surface area contributed by atoms with Gasteiger partial charge in [-0.2, -0.15) is 5.10 Å². The molecule has 1 aromatic carbocycles. The molecule has 0 spiro atoms. The third-order valence-electron chi connectivity index (χ3n) is 4.08. The van der Waals surface area contributed by atoms with Gasteiger partial charge in [-0.1, -0.05) is 0 Å². The van der Waals surface area contributed by atoms with Gasteiger partial charge < -0.3 is 10.1 Å². The number of ether oxygens (including phenoxy) is 1. The van der Waals surface area contributed by atoms with Gasteiger partial charge in [-0.15, -0.1) is 24.5 Å². The molecule has 0 bridgehead atoms. The number of nitrogens with zero attached hydrogens (tertiary/aromatic N) is 5. The zero-order valence-corrected chi connectivity index (χ0v) is 16.2. The molecule has 4 rings (SSSR count). The number of aromatic nitrogens is 5. The number of alkyl halides is 3. The van der Waals surface area contributed by atoms with Crippen molar-refractivity contribution in [3.63, 3.8) is 0 Å². The summed E-state index contributed by atoms with van der Waals surface area (Å²) in [6, 6.07) is 5.41. The number of nitrogens with one attached hydrogen (secondary N) is 1. The maximum Gasteiger partial charge on any atom is 0.573 e. The molecule has 0 unspecified atom stereocenters. The average Bonchev–Trinajstić information content (AvgIpc) is 3.19. The molecule has 0 radical (unpaired) electrons. The molecular formula is C18H15F3N6OS. The molecule has 1 N–H and O–H groups in total. The molecule has 4 aromatic rings. The molecule has 0 atom stereocenters. The van der Waals surface area contributed by atoms with Crippen molar-refractivity contribution in [2.24, 2.45) is 0 Å². The van der Waals surface area contributed by atoms with Gasteiger partial charge in [0.25, 0.3) is 0 Å². The highest BCUT2D eigenvalue weighted by molar-refractivity contribution is 7.11. The van der Waals surface area contributed by atoms with Gasteiger partial charge in [0.15, 0.2) is 5.65 Å². The number of fused-ring (bicyclic) bond motifs is 1. The Kier molecular flexibility index (Phi) is 4.82. The fourth-order valence-corrected chi connectivity index (χ4v) is 3.76. The van der Waals surface area contributed by atoms with Crippen LogP contribution >= 0.6 is 11.3 Å². The topological polar surface area (TPSA) is 77.8 Å². The van der Waals surface area contributed by atoms with Crippen LogP contribution in [0.2, 0.25) is 0 Å². The van der Waals surface area contributed by atoms with Crippen LogP contribution in [-0.4, -0.2) is 31.1 Å². The normalized spacial score (nSPS) is 11.8. The van der Waals surface area contributed by atoms with Gasteiger partial charge in [-0.05, 0) is 38.1 Å². The number of hydrogen-bond acceptors (Lipinski definition) is 7. The minimum absolute atomic E-state index is 0.293. The summed E-state index contributed by atoms with van der Waals surface area (Å²) in [5.74, 6) is 0.210. The van der Waals surface area contributed by atoms with E-state index < -0.39 is 6.36 Å². The third kappa shape index (κ3) is 4.29. The lowest BCUT2D eigenvalue weighted by molar-refractivity contribution is -0.274. The van der Waals surface area contributed by atoms with E-state index in [2.05, 4.69) is 30.1 Å². The maximum atomic E-state index is 12.3. The van der Waals surface area contributed by atoms with Crippen LogP contribution in [-0.2, 0) is 6.54 Å². The molecule has 0 aliphatic rings. The van der Waals surface area contributed by atoms with Crippen molar-refractivity contribution >= 4 is 33.9 Å². The Hall–Kier alpha value is -3.21. The van der Waals surface area contributed by atoms with Gasteiger partial charge in [-0.3, -0.25) is 0 Å². The molecule has 3 heterocycles. The molecule has 3 aromatic heterocycles. The first-order valence-electron chi connectivity index (χ1n) is 8.51. The molecule has 29 heavy (non-hydrogen) atoms. The Morgan fingerprint density at radius 1 is 1.14 bits per heavy atom. The Bertz CT molecular complexity index is 1150. The van der Waals surface area contributed by atoms with Crippen molar-refractivity contribution in [2.45, 2.75) is 26.8 Å². The predicted molar refractivity (Wildman–Crippen MR) is 102 cm³/mol. The average molecular weight is 420 g/mol. The summed E-state index contributed by atoms with van der Waals surface area (Å²) >= 11 is 1.61. The van der Waals surface area contributed by atoms with Gasteiger partial charge in [0, 0.05) is 10.6 Å². The van der Waals surface area contributed by atoms with E-state index in [1.165, 1.54) is 30.6 Å². The Morgan fingerprint density at radius 3 is 2.55 bits per heavy atom. The van der Waals surface area contributed by atoms with Crippen molar-refractivity contribution in [1.29, 1.82) is 0 Å². The fourth-order valence-electron chi connectivity index (χ4n) is 2.84. The summed E-state index contributed by atoms with van der Waals surface area (Å²) in [7, 11) is 0. The number of rotatable bonds is 5. The lowest BCUT2D eigenvalue weighted by Gasteiger charge is -2.10. The largest absolute Gasteiger partial charge is 0.573 e. The van der Waals surface area contributed by atoms with E-state index in [9.17, 15) is 13.2 Å². The van der Waals surface area contributed by atoms with E-state index in [1.807, 2.05) is 13.8 Å². The zero-order chi connectivity index (χ0) is 20.6. The van der Waals surface area contributed by atoms with E-state index >= 15 is 0 Å². The van der Waals surface area contributed by atoms with Gasteiger partial charge in [0.2, 0.25) is 0 Å². The number of benzene rings is 1. The van der Waals surface area contributed by atoms with Crippen molar-refractivity contribution in [2.75, 3.05) is 5.32 Å². The van der Waals surface area contributed by atoms with Gasteiger partial charge in [-0.25, -0.2) is 19.6 Å². The molecule has 150 valence electrons. The Labute approximate surface area is 167 Å². The number of anilines is 2. The number of halogens is 3. The lowest BCUT2D eigenvalue weighted by atomic mass is 10.3. The second kappa shape index (κ2) is 7.32. The quantitative estimate of drug-likeness (QED) is 0.509. The predicted octanol–water partition coefficient (Wildman–Crippen LogP) is 4.59. The van der Waals surface area contributed by atoms with E-state index in [0.29, 0.717) is 29.1 Å². The lowest BCUT2D eigenvalue weighted by Crippen LogP contribution is -2.16. The Morgan fingerprint density at radius 2 is 1.90 bits per heavy atom. The van der Waals surface area contributed by atoms with Crippen LogP contribution in [0.5, 0.6) is 5.75 Å². The van der Waals surface area contributed by atoms with Gasteiger partial charge in [0.05, 0.1) is 28.8 Å². The zero-order valence-electron chi connectivity index (χ0n) is 15.4. The highest BCUT2D eigenvalue weighted by Crippen LogP contribution is 2.27. The molecule has 0 aliphatic heterocycles. The minimum Gasteiger partial charge on any atom is -0.406 e. The molecule has 0 amide bonds.